The molecule has 4 N–H and O–H groups in total. The third kappa shape index (κ3) is 2.22. The fourth-order valence-electron chi connectivity index (χ4n) is 1.30. The Morgan fingerprint density at radius 2 is 2.19 bits per heavy atom. The molecule has 2 rings (SSSR count). The lowest BCUT2D eigenvalue weighted by molar-refractivity contribution is -0.384. The van der Waals surface area contributed by atoms with Gasteiger partial charge < -0.3 is 16.2 Å². The van der Waals surface area contributed by atoms with Gasteiger partial charge in [-0.3, -0.25) is 10.1 Å². The first-order valence-electron chi connectivity index (χ1n) is 4.96. The highest BCUT2D eigenvalue weighted by atomic mass is 16.6. The van der Waals surface area contributed by atoms with Crippen molar-refractivity contribution in [3.8, 4) is 5.75 Å². The molecule has 86 valence electrons. The summed E-state index contributed by atoms with van der Waals surface area (Å²) in [7, 11) is 0. The Labute approximate surface area is 92.3 Å². The van der Waals surface area contributed by atoms with Gasteiger partial charge in [0.05, 0.1) is 16.5 Å². The molecular weight excluding hydrogens is 210 g/mol. The second-order valence-electron chi connectivity index (χ2n) is 4.13. The molecule has 1 saturated carbocycles. The fraction of sp³-hybridized carbons (Fsp3) is 0.400. The summed E-state index contributed by atoms with van der Waals surface area (Å²) >= 11 is 0. The van der Waals surface area contributed by atoms with Gasteiger partial charge >= 0.3 is 0 Å². The molecule has 1 aromatic carbocycles. The molecule has 0 unspecified atom stereocenters. The van der Waals surface area contributed by atoms with E-state index in [4.69, 9.17) is 16.2 Å². The Balaban J connectivity index is 2.09. The Kier molecular flexibility index (Phi) is 2.43. The highest BCUT2D eigenvalue weighted by Gasteiger charge is 2.39. The van der Waals surface area contributed by atoms with Crippen LogP contribution in [0.15, 0.2) is 18.2 Å². The molecule has 0 heterocycles. The van der Waals surface area contributed by atoms with Gasteiger partial charge in [0.2, 0.25) is 0 Å². The van der Waals surface area contributed by atoms with Crippen LogP contribution in [0.1, 0.15) is 12.8 Å². The van der Waals surface area contributed by atoms with E-state index in [2.05, 4.69) is 0 Å². The van der Waals surface area contributed by atoms with E-state index in [0.717, 1.165) is 12.8 Å². The van der Waals surface area contributed by atoms with E-state index >= 15 is 0 Å². The molecule has 0 aromatic heterocycles. The number of nitrogens with zero attached hydrogens (tertiary/aromatic N) is 1. The lowest BCUT2D eigenvalue weighted by atomic mass is 10.2. The van der Waals surface area contributed by atoms with Gasteiger partial charge in [0, 0.05) is 0 Å². The van der Waals surface area contributed by atoms with Gasteiger partial charge in [0.15, 0.2) is 0 Å². The van der Waals surface area contributed by atoms with E-state index in [-0.39, 0.29) is 16.9 Å². The van der Waals surface area contributed by atoms with Crippen molar-refractivity contribution in [1.82, 2.24) is 0 Å². The minimum absolute atomic E-state index is 0.131. The summed E-state index contributed by atoms with van der Waals surface area (Å²) in [5.74, 6) is 0.428. The summed E-state index contributed by atoms with van der Waals surface area (Å²) in [5.41, 5.74) is 11.1. The van der Waals surface area contributed by atoms with Crippen molar-refractivity contribution in [3.05, 3.63) is 28.3 Å². The van der Waals surface area contributed by atoms with Crippen LogP contribution in [0.4, 0.5) is 11.4 Å². The maximum absolute atomic E-state index is 10.6. The van der Waals surface area contributed by atoms with Gasteiger partial charge in [-0.15, -0.1) is 0 Å². The van der Waals surface area contributed by atoms with Crippen molar-refractivity contribution < 1.29 is 9.66 Å². The summed E-state index contributed by atoms with van der Waals surface area (Å²) in [6, 6.07) is 4.39. The molecule has 6 heteroatoms. The zero-order chi connectivity index (χ0) is 11.8. The lowest BCUT2D eigenvalue weighted by Crippen LogP contribution is -2.29. The Morgan fingerprint density at radius 3 is 2.75 bits per heavy atom. The van der Waals surface area contributed by atoms with Crippen molar-refractivity contribution >= 4 is 11.4 Å². The summed E-state index contributed by atoms with van der Waals surface area (Å²) in [6.07, 6.45) is 1.87. The number of benzene rings is 1. The predicted octanol–water partition coefficient (Wildman–Crippen LogP) is 1.05. The van der Waals surface area contributed by atoms with Crippen LogP contribution in [0.3, 0.4) is 0 Å². The number of hydrogen-bond acceptors (Lipinski definition) is 5. The smallest absolute Gasteiger partial charge is 0.295 e. The van der Waals surface area contributed by atoms with Crippen LogP contribution in [0.2, 0.25) is 0 Å². The number of nitrogens with two attached hydrogens (primary N) is 2. The second-order valence-corrected chi connectivity index (χ2v) is 4.13. The van der Waals surface area contributed by atoms with Crippen LogP contribution in [-0.2, 0) is 0 Å². The number of nitrogen functional groups attached to an aromatic ring is 1. The zero-order valence-corrected chi connectivity index (χ0v) is 8.68. The second kappa shape index (κ2) is 3.64. The predicted molar refractivity (Wildman–Crippen MR) is 59.2 cm³/mol. The third-order valence-electron chi connectivity index (χ3n) is 2.62. The maximum Gasteiger partial charge on any atom is 0.295 e. The topological polar surface area (TPSA) is 104 Å². The van der Waals surface area contributed by atoms with Crippen LogP contribution in [-0.4, -0.2) is 17.1 Å². The molecular formula is C10H13N3O3. The van der Waals surface area contributed by atoms with Crippen molar-refractivity contribution in [2.24, 2.45) is 5.73 Å². The van der Waals surface area contributed by atoms with Crippen molar-refractivity contribution in [3.63, 3.8) is 0 Å². The average Bonchev–Trinajstić information content (AvgIpc) is 2.96. The normalized spacial score (nSPS) is 16.8. The Bertz CT molecular complexity index is 429. The van der Waals surface area contributed by atoms with Gasteiger partial charge in [-0.25, -0.2) is 0 Å². The molecule has 1 aliphatic carbocycles. The molecule has 0 amide bonds. The van der Waals surface area contributed by atoms with Crippen molar-refractivity contribution in [2.75, 3.05) is 12.3 Å². The van der Waals surface area contributed by atoms with Gasteiger partial charge in [-0.05, 0) is 25.0 Å². The fourth-order valence-corrected chi connectivity index (χ4v) is 1.30. The lowest BCUT2D eigenvalue weighted by Gasteiger charge is -2.11. The highest BCUT2D eigenvalue weighted by Crippen LogP contribution is 2.33. The number of ether oxygens (including phenoxy) is 1. The monoisotopic (exact) mass is 223 g/mol. The number of hydrogen-bond donors (Lipinski definition) is 2. The largest absolute Gasteiger partial charge is 0.491 e. The van der Waals surface area contributed by atoms with E-state index in [9.17, 15) is 10.1 Å². The molecule has 1 aromatic rings. The van der Waals surface area contributed by atoms with Gasteiger partial charge in [-0.1, -0.05) is 0 Å². The number of rotatable bonds is 4. The molecule has 6 nitrogen and oxygen atoms in total. The van der Waals surface area contributed by atoms with Crippen LogP contribution in [0, 0.1) is 10.1 Å². The molecule has 0 radical (unpaired) electrons. The molecule has 0 bridgehead atoms. The van der Waals surface area contributed by atoms with Gasteiger partial charge in [0.25, 0.3) is 5.69 Å². The van der Waals surface area contributed by atoms with Crippen molar-refractivity contribution in [2.45, 2.75) is 18.4 Å². The zero-order valence-electron chi connectivity index (χ0n) is 8.68. The van der Waals surface area contributed by atoms with Crippen LogP contribution in [0.5, 0.6) is 5.75 Å². The van der Waals surface area contributed by atoms with E-state index in [1.54, 1.807) is 6.07 Å². The van der Waals surface area contributed by atoms with Crippen molar-refractivity contribution in [1.29, 1.82) is 0 Å². The van der Waals surface area contributed by atoms with Gasteiger partial charge in [-0.2, -0.15) is 0 Å². The molecule has 0 spiro atoms. The average molecular weight is 223 g/mol. The summed E-state index contributed by atoms with van der Waals surface area (Å²) in [6.45, 7) is 0.383. The standard InChI is InChI=1S/C10H13N3O3/c11-8-2-1-7(5-9(8)13(14)15)16-6-10(12)3-4-10/h1-2,5H,3-4,6,11-12H2. The van der Waals surface area contributed by atoms with E-state index in [0.29, 0.717) is 12.4 Å². The molecule has 0 atom stereocenters. The first kappa shape index (κ1) is 10.7. The molecule has 1 aliphatic rings. The Hall–Kier alpha value is -1.82. The highest BCUT2D eigenvalue weighted by molar-refractivity contribution is 5.60. The number of anilines is 1. The van der Waals surface area contributed by atoms with Crippen LogP contribution >= 0.6 is 0 Å². The SMILES string of the molecule is Nc1ccc(OCC2(N)CC2)cc1[N+](=O)[O-]. The number of nitro benzene ring substituents is 1. The summed E-state index contributed by atoms with van der Waals surface area (Å²) in [4.78, 5) is 10.1. The Morgan fingerprint density at radius 1 is 1.50 bits per heavy atom. The molecule has 0 saturated heterocycles. The summed E-state index contributed by atoms with van der Waals surface area (Å²) < 4.78 is 5.39. The van der Waals surface area contributed by atoms with Crippen LogP contribution < -0.4 is 16.2 Å². The maximum atomic E-state index is 10.6. The van der Waals surface area contributed by atoms with E-state index < -0.39 is 4.92 Å². The minimum Gasteiger partial charge on any atom is -0.491 e. The van der Waals surface area contributed by atoms with E-state index in [1.165, 1.54) is 12.1 Å². The summed E-state index contributed by atoms with van der Waals surface area (Å²) in [5, 5.41) is 10.6. The first-order valence-corrected chi connectivity index (χ1v) is 4.96. The van der Waals surface area contributed by atoms with Gasteiger partial charge in [0.1, 0.15) is 18.0 Å². The molecule has 0 aliphatic heterocycles. The first-order chi connectivity index (χ1) is 7.50. The number of nitro groups is 1. The third-order valence-corrected chi connectivity index (χ3v) is 2.62. The minimum atomic E-state index is -0.530. The van der Waals surface area contributed by atoms with Crippen LogP contribution in [0.25, 0.3) is 0 Å². The molecule has 1 fully saturated rings. The molecule has 16 heavy (non-hydrogen) atoms. The quantitative estimate of drug-likeness (QED) is 0.451. The van der Waals surface area contributed by atoms with E-state index in [1.807, 2.05) is 0 Å².